The molecule has 1 aromatic rings. The van der Waals surface area contributed by atoms with E-state index in [0.29, 0.717) is 6.61 Å². The van der Waals surface area contributed by atoms with E-state index in [1.54, 1.807) is 0 Å². The first kappa shape index (κ1) is 14.8. The van der Waals surface area contributed by atoms with Gasteiger partial charge in [0.2, 0.25) is 5.82 Å². The molecule has 0 spiro atoms. The van der Waals surface area contributed by atoms with Crippen LogP contribution in [0.2, 0.25) is 0 Å². The number of hydrogen-bond donors (Lipinski definition) is 3. The molecule has 1 heterocycles. The second-order valence-electron chi connectivity index (χ2n) is 5.17. The Morgan fingerprint density at radius 3 is 2.65 bits per heavy atom. The quantitative estimate of drug-likeness (QED) is 0.719. The highest BCUT2D eigenvalue weighted by Crippen LogP contribution is 2.48. The molecule has 1 aromatic heterocycles. The second-order valence-corrected chi connectivity index (χ2v) is 5.17. The molecule has 0 aliphatic heterocycles. The number of H-pyrrole nitrogens is 2. The monoisotopic (exact) mass is 282 g/mol. The van der Waals surface area contributed by atoms with Crippen molar-refractivity contribution in [3.8, 4) is 0 Å². The van der Waals surface area contributed by atoms with Gasteiger partial charge in [-0.3, -0.25) is 9.78 Å². The number of hydrogen-bond acceptors (Lipinski definition) is 4. The van der Waals surface area contributed by atoms with Crippen molar-refractivity contribution in [1.29, 1.82) is 0 Å². The molecule has 2 unspecified atom stereocenters. The van der Waals surface area contributed by atoms with Gasteiger partial charge in [0, 0.05) is 18.1 Å². The minimum atomic E-state index is -0.479. The van der Waals surface area contributed by atoms with Crippen LogP contribution < -0.4 is 11.0 Å². The fourth-order valence-corrected chi connectivity index (χ4v) is 3.19. The smallest absolute Gasteiger partial charge is 0.341 e. The van der Waals surface area contributed by atoms with E-state index in [1.807, 2.05) is 6.92 Å². The van der Waals surface area contributed by atoms with Crippen molar-refractivity contribution in [1.82, 2.24) is 20.5 Å². The molecule has 1 fully saturated rings. The summed E-state index contributed by atoms with van der Waals surface area (Å²) >= 11 is 0. The lowest BCUT2D eigenvalue weighted by Gasteiger charge is -2.55. The van der Waals surface area contributed by atoms with Crippen LogP contribution in [0.3, 0.4) is 0 Å². The van der Waals surface area contributed by atoms with Gasteiger partial charge in [0.1, 0.15) is 0 Å². The van der Waals surface area contributed by atoms with Gasteiger partial charge in [0.05, 0.1) is 6.10 Å². The van der Waals surface area contributed by atoms with E-state index in [1.165, 1.54) is 0 Å². The summed E-state index contributed by atoms with van der Waals surface area (Å²) in [6, 6.07) is 0.0572. The number of amides is 1. The van der Waals surface area contributed by atoms with E-state index >= 15 is 0 Å². The van der Waals surface area contributed by atoms with E-state index in [2.05, 4.69) is 34.3 Å². The summed E-state index contributed by atoms with van der Waals surface area (Å²) in [6.07, 6.45) is 2.87. The van der Waals surface area contributed by atoms with Crippen molar-refractivity contribution in [2.75, 3.05) is 6.61 Å². The number of nitrogens with zero attached hydrogens (tertiary/aromatic N) is 1. The van der Waals surface area contributed by atoms with Crippen LogP contribution >= 0.6 is 0 Å². The molecule has 112 valence electrons. The molecular formula is C13H22N4O3. The zero-order valence-corrected chi connectivity index (χ0v) is 12.2. The number of rotatable bonds is 6. The van der Waals surface area contributed by atoms with Crippen LogP contribution in [0.15, 0.2) is 4.79 Å². The Kier molecular flexibility index (Phi) is 4.27. The predicted octanol–water partition coefficient (Wildman–Crippen LogP) is 0.812. The first-order valence-corrected chi connectivity index (χ1v) is 7.14. The fraction of sp³-hybridized carbons (Fsp3) is 0.769. The molecule has 1 aliphatic carbocycles. The molecule has 1 aliphatic rings. The second kappa shape index (κ2) is 5.78. The average molecular weight is 282 g/mol. The van der Waals surface area contributed by atoms with Gasteiger partial charge in [0.15, 0.2) is 0 Å². The van der Waals surface area contributed by atoms with Crippen molar-refractivity contribution < 1.29 is 9.53 Å². The van der Waals surface area contributed by atoms with E-state index in [9.17, 15) is 9.59 Å². The third-order valence-electron chi connectivity index (χ3n) is 4.49. The Hall–Kier alpha value is -1.63. The molecule has 20 heavy (non-hydrogen) atoms. The van der Waals surface area contributed by atoms with Gasteiger partial charge in [-0.25, -0.2) is 9.89 Å². The number of carbonyl (C=O) groups is 1. The van der Waals surface area contributed by atoms with Crippen molar-refractivity contribution in [2.45, 2.75) is 52.2 Å². The highest BCUT2D eigenvalue weighted by molar-refractivity contribution is 5.90. The third-order valence-corrected chi connectivity index (χ3v) is 4.49. The van der Waals surface area contributed by atoms with Crippen molar-refractivity contribution in [2.24, 2.45) is 5.41 Å². The van der Waals surface area contributed by atoms with E-state index < -0.39 is 5.69 Å². The molecule has 2 rings (SSSR count). The van der Waals surface area contributed by atoms with Crippen LogP contribution in [0.1, 0.15) is 50.7 Å². The van der Waals surface area contributed by atoms with Crippen LogP contribution in [-0.2, 0) is 4.74 Å². The molecule has 1 amide bonds. The van der Waals surface area contributed by atoms with Crippen LogP contribution in [0.5, 0.6) is 0 Å². The zero-order chi connectivity index (χ0) is 14.8. The Labute approximate surface area is 117 Å². The summed E-state index contributed by atoms with van der Waals surface area (Å²) in [5.74, 6) is -0.328. The lowest BCUT2D eigenvalue weighted by Crippen LogP contribution is -2.64. The average Bonchev–Trinajstić information content (AvgIpc) is 2.86. The van der Waals surface area contributed by atoms with Gasteiger partial charge in [0.25, 0.3) is 5.91 Å². The molecule has 7 nitrogen and oxygen atoms in total. The SMILES string of the molecule is CCOC1CC(NC(=O)c2n[nH]c(=O)[nH]2)C1(CC)CC. The first-order valence-electron chi connectivity index (χ1n) is 7.14. The summed E-state index contributed by atoms with van der Waals surface area (Å²) in [5.41, 5.74) is -0.504. The molecule has 2 atom stereocenters. The summed E-state index contributed by atoms with van der Waals surface area (Å²) in [4.78, 5) is 25.4. The number of aromatic amines is 2. The summed E-state index contributed by atoms with van der Waals surface area (Å²) in [7, 11) is 0. The summed E-state index contributed by atoms with van der Waals surface area (Å²) in [5, 5.41) is 8.79. The van der Waals surface area contributed by atoms with E-state index in [0.717, 1.165) is 19.3 Å². The van der Waals surface area contributed by atoms with Gasteiger partial charge < -0.3 is 10.1 Å². The Morgan fingerprint density at radius 2 is 2.15 bits per heavy atom. The van der Waals surface area contributed by atoms with Crippen molar-refractivity contribution in [3.05, 3.63) is 16.3 Å². The van der Waals surface area contributed by atoms with Crippen LogP contribution in [0.4, 0.5) is 0 Å². The van der Waals surface area contributed by atoms with Crippen molar-refractivity contribution in [3.63, 3.8) is 0 Å². The highest BCUT2D eigenvalue weighted by Gasteiger charge is 2.53. The van der Waals surface area contributed by atoms with Gasteiger partial charge in [-0.15, -0.1) is 5.10 Å². The standard InChI is InChI=1S/C13H22N4O3/c1-4-13(5-2)8(7-9(13)20-6-3)14-11(18)10-15-12(19)17-16-10/h8-9H,4-7H2,1-3H3,(H,14,18)(H2,15,16,17,19). The number of aromatic nitrogens is 3. The van der Waals surface area contributed by atoms with Crippen LogP contribution in [0, 0.1) is 5.41 Å². The third kappa shape index (κ3) is 2.37. The molecule has 0 aromatic carbocycles. The van der Waals surface area contributed by atoms with Gasteiger partial charge in [-0.05, 0) is 26.2 Å². The molecule has 3 N–H and O–H groups in total. The lowest BCUT2D eigenvalue weighted by atomic mass is 9.58. The van der Waals surface area contributed by atoms with Crippen LogP contribution in [-0.4, -0.2) is 39.8 Å². The van der Waals surface area contributed by atoms with Gasteiger partial charge in [-0.1, -0.05) is 13.8 Å². The normalized spacial score (nSPS) is 24.1. The highest BCUT2D eigenvalue weighted by atomic mass is 16.5. The Bertz CT molecular complexity index is 518. The minimum absolute atomic E-state index is 0.0240. The maximum atomic E-state index is 12.0. The van der Waals surface area contributed by atoms with Crippen LogP contribution in [0.25, 0.3) is 0 Å². The topological polar surface area (TPSA) is 99.9 Å². The number of carbonyl (C=O) groups excluding carboxylic acids is 1. The number of nitrogens with one attached hydrogen (secondary N) is 3. The van der Waals surface area contributed by atoms with E-state index in [4.69, 9.17) is 4.74 Å². The largest absolute Gasteiger partial charge is 0.378 e. The minimum Gasteiger partial charge on any atom is -0.378 e. The zero-order valence-electron chi connectivity index (χ0n) is 12.2. The Balaban J connectivity index is 2.06. The maximum absolute atomic E-state index is 12.0. The first-order chi connectivity index (χ1) is 9.57. The van der Waals surface area contributed by atoms with E-state index in [-0.39, 0.29) is 29.3 Å². The molecule has 0 bridgehead atoms. The molecule has 1 saturated carbocycles. The van der Waals surface area contributed by atoms with Gasteiger partial charge in [-0.2, -0.15) is 0 Å². The van der Waals surface area contributed by atoms with Crippen molar-refractivity contribution >= 4 is 5.91 Å². The van der Waals surface area contributed by atoms with Gasteiger partial charge >= 0.3 is 5.69 Å². The molecule has 0 radical (unpaired) electrons. The maximum Gasteiger partial charge on any atom is 0.341 e. The predicted molar refractivity (Wildman–Crippen MR) is 73.5 cm³/mol. The molecule has 0 saturated heterocycles. The Morgan fingerprint density at radius 1 is 1.45 bits per heavy atom. The summed E-state index contributed by atoms with van der Waals surface area (Å²) in [6.45, 7) is 6.89. The summed E-state index contributed by atoms with van der Waals surface area (Å²) < 4.78 is 5.77. The number of ether oxygens (including phenoxy) is 1. The fourth-order valence-electron chi connectivity index (χ4n) is 3.19. The molecule has 7 heteroatoms. The lowest BCUT2D eigenvalue weighted by molar-refractivity contribution is -0.134. The molecular weight excluding hydrogens is 260 g/mol.